The van der Waals surface area contributed by atoms with Gasteiger partial charge in [0, 0.05) is 17.1 Å². The summed E-state index contributed by atoms with van der Waals surface area (Å²) in [5.41, 5.74) is 7.34. The summed E-state index contributed by atoms with van der Waals surface area (Å²) >= 11 is 0. The number of hydrogen-bond donors (Lipinski definition) is 0. The smallest absolute Gasteiger partial charge is 0 e. The number of rotatable bonds is 0. The molecule has 0 atom stereocenters. The van der Waals surface area contributed by atoms with Crippen LogP contribution in [-0.2, 0) is 17.1 Å². The molecule has 0 amide bonds. The molecule has 3 aromatic rings. The van der Waals surface area contributed by atoms with Gasteiger partial charge in [-0.2, -0.15) is 27.8 Å². The quantitative estimate of drug-likeness (QED) is 0.364. The molecule has 3 aromatic carbocycles. The van der Waals surface area contributed by atoms with Crippen LogP contribution in [0.15, 0.2) is 48.5 Å². The molecule has 3 rings (SSSR count). The van der Waals surface area contributed by atoms with Crippen LogP contribution in [0.3, 0.4) is 0 Å². The van der Waals surface area contributed by atoms with Gasteiger partial charge in [0.1, 0.15) is 0 Å². The van der Waals surface area contributed by atoms with Crippen LogP contribution in [0.2, 0.25) is 0 Å². The summed E-state index contributed by atoms with van der Waals surface area (Å²) in [6.45, 7) is 11.0. The Kier molecular flexibility index (Phi) is 6.33. The number of fused-ring (bicyclic) bond motifs is 1. The Hall–Kier alpha value is -1.43. The van der Waals surface area contributed by atoms with Gasteiger partial charge in [0.15, 0.2) is 0 Å². The van der Waals surface area contributed by atoms with Crippen molar-refractivity contribution in [3.8, 4) is 0 Å². The molecule has 0 spiro atoms. The van der Waals surface area contributed by atoms with Gasteiger partial charge >= 0.3 is 0 Å². The molecule has 0 saturated carbocycles. The van der Waals surface area contributed by atoms with E-state index in [1.165, 1.54) is 38.6 Å². The maximum absolute atomic E-state index is 2.20. The van der Waals surface area contributed by atoms with E-state index in [9.17, 15) is 0 Å². The van der Waals surface area contributed by atoms with Gasteiger partial charge in [-0.05, 0) is 10.8 Å². The Bertz CT molecular complexity index is 574. The molecule has 0 radical (unpaired) electrons. The Morgan fingerprint density at radius 3 is 1.10 bits per heavy atom. The third-order valence-electron chi connectivity index (χ3n) is 4.47. The van der Waals surface area contributed by atoms with Crippen molar-refractivity contribution in [3.63, 3.8) is 0 Å². The Morgan fingerprint density at radius 1 is 0.619 bits per heavy atom. The first-order valence-electron chi connectivity index (χ1n) is 7.15. The van der Waals surface area contributed by atoms with Crippen molar-refractivity contribution < 1.29 is 17.1 Å². The maximum atomic E-state index is 2.20. The Balaban J connectivity index is 0.000000200. The maximum Gasteiger partial charge on any atom is 0 e. The SMILES string of the molecule is Cc1c(C)c(C)[c-](C)c1C.[Fe].c1ccc2ccccc2c1. The first-order valence-corrected chi connectivity index (χ1v) is 7.15. The molecule has 0 bridgehead atoms. The summed E-state index contributed by atoms with van der Waals surface area (Å²) in [7, 11) is 0. The normalized spacial score (nSPS) is 9.76. The van der Waals surface area contributed by atoms with Crippen LogP contribution < -0.4 is 0 Å². The third kappa shape index (κ3) is 3.81. The van der Waals surface area contributed by atoms with E-state index < -0.39 is 0 Å². The standard InChI is InChI=1S/C10H8.C10H15.Fe/c1-2-6-10-8-4-3-7-9(10)5-1;1-6-7(2)9(4)10(5)8(6)3;/h1-8H;1-5H3;/q;-1;. The fraction of sp³-hybridized carbons (Fsp3) is 0.250. The van der Waals surface area contributed by atoms with E-state index in [0.717, 1.165) is 0 Å². The minimum atomic E-state index is 0. The van der Waals surface area contributed by atoms with E-state index >= 15 is 0 Å². The van der Waals surface area contributed by atoms with Gasteiger partial charge in [-0.3, -0.25) is 0 Å². The molecule has 0 aliphatic carbocycles. The molecule has 0 heterocycles. The second kappa shape index (κ2) is 7.54. The largest absolute Gasteiger partial charge is 0.196 e. The molecule has 21 heavy (non-hydrogen) atoms. The number of benzene rings is 2. The predicted octanol–water partition coefficient (Wildman–Crippen LogP) is 5.78. The molecule has 0 nitrogen and oxygen atoms in total. The van der Waals surface area contributed by atoms with Gasteiger partial charge in [0.25, 0.3) is 0 Å². The topological polar surface area (TPSA) is 0 Å². The molecule has 0 aliphatic rings. The monoisotopic (exact) mass is 319 g/mol. The van der Waals surface area contributed by atoms with Crippen molar-refractivity contribution in [1.29, 1.82) is 0 Å². The third-order valence-corrected chi connectivity index (χ3v) is 4.47. The van der Waals surface area contributed by atoms with Crippen molar-refractivity contribution in [3.05, 3.63) is 76.3 Å². The molecular weight excluding hydrogens is 296 g/mol. The zero-order valence-electron chi connectivity index (χ0n) is 13.5. The molecule has 0 saturated heterocycles. The molecule has 0 aliphatic heterocycles. The Labute approximate surface area is 139 Å². The molecule has 0 N–H and O–H groups in total. The van der Waals surface area contributed by atoms with E-state index in [4.69, 9.17) is 0 Å². The zero-order chi connectivity index (χ0) is 14.7. The van der Waals surface area contributed by atoms with E-state index in [1.54, 1.807) is 0 Å². The summed E-state index contributed by atoms with van der Waals surface area (Å²) in [6.07, 6.45) is 0. The summed E-state index contributed by atoms with van der Waals surface area (Å²) in [5, 5.41) is 2.62. The van der Waals surface area contributed by atoms with Crippen LogP contribution in [-0.4, -0.2) is 0 Å². The molecule has 0 aromatic heterocycles. The zero-order valence-corrected chi connectivity index (χ0v) is 14.6. The average molecular weight is 319 g/mol. The van der Waals surface area contributed by atoms with Gasteiger partial charge in [-0.15, -0.1) is 0 Å². The van der Waals surface area contributed by atoms with Gasteiger partial charge in [0.05, 0.1) is 0 Å². The molecular formula is C20H23Fe-. The van der Waals surface area contributed by atoms with E-state index in [-0.39, 0.29) is 17.1 Å². The minimum Gasteiger partial charge on any atom is -0.196 e. The van der Waals surface area contributed by atoms with Crippen LogP contribution in [0.1, 0.15) is 27.8 Å². The summed E-state index contributed by atoms with van der Waals surface area (Å²) in [4.78, 5) is 0. The first kappa shape index (κ1) is 17.6. The van der Waals surface area contributed by atoms with Crippen molar-refractivity contribution in [2.75, 3.05) is 0 Å². The first-order chi connectivity index (χ1) is 9.52. The second-order valence-corrected chi connectivity index (χ2v) is 5.47. The van der Waals surface area contributed by atoms with Crippen molar-refractivity contribution >= 4 is 10.8 Å². The summed E-state index contributed by atoms with van der Waals surface area (Å²) in [5.74, 6) is 0. The summed E-state index contributed by atoms with van der Waals surface area (Å²) < 4.78 is 0. The Morgan fingerprint density at radius 2 is 0.905 bits per heavy atom. The minimum absolute atomic E-state index is 0. The van der Waals surface area contributed by atoms with Crippen molar-refractivity contribution in [1.82, 2.24) is 0 Å². The van der Waals surface area contributed by atoms with E-state index in [2.05, 4.69) is 83.1 Å². The van der Waals surface area contributed by atoms with Crippen molar-refractivity contribution in [2.45, 2.75) is 34.6 Å². The van der Waals surface area contributed by atoms with Gasteiger partial charge in [-0.25, -0.2) is 0 Å². The van der Waals surface area contributed by atoms with Crippen LogP contribution in [0.25, 0.3) is 10.8 Å². The molecule has 112 valence electrons. The van der Waals surface area contributed by atoms with Crippen LogP contribution in [0.4, 0.5) is 0 Å². The summed E-state index contributed by atoms with van der Waals surface area (Å²) in [6, 6.07) is 16.7. The fourth-order valence-corrected chi connectivity index (χ4v) is 2.54. The predicted molar refractivity (Wildman–Crippen MR) is 89.7 cm³/mol. The van der Waals surface area contributed by atoms with Gasteiger partial charge in [-0.1, -0.05) is 83.1 Å². The van der Waals surface area contributed by atoms with Gasteiger partial charge < -0.3 is 0 Å². The second-order valence-electron chi connectivity index (χ2n) is 5.47. The number of hydrogen-bond acceptors (Lipinski definition) is 0. The molecule has 0 unspecified atom stereocenters. The average Bonchev–Trinajstić information content (AvgIpc) is 2.66. The van der Waals surface area contributed by atoms with Crippen molar-refractivity contribution in [2.24, 2.45) is 0 Å². The van der Waals surface area contributed by atoms with E-state index in [0.29, 0.717) is 0 Å². The molecule has 0 fully saturated rings. The van der Waals surface area contributed by atoms with Crippen LogP contribution in [0.5, 0.6) is 0 Å². The van der Waals surface area contributed by atoms with Crippen LogP contribution >= 0.6 is 0 Å². The molecule has 1 heteroatoms. The van der Waals surface area contributed by atoms with Crippen LogP contribution in [0, 0.1) is 34.6 Å². The fourth-order valence-electron chi connectivity index (χ4n) is 2.54. The van der Waals surface area contributed by atoms with E-state index in [1.807, 2.05) is 0 Å². The van der Waals surface area contributed by atoms with Gasteiger partial charge in [0.2, 0.25) is 0 Å².